The molecule has 32 heavy (non-hydrogen) atoms. The fourth-order valence-corrected chi connectivity index (χ4v) is 3.51. The Kier molecular flexibility index (Phi) is 5.68. The fourth-order valence-electron chi connectivity index (χ4n) is 3.51. The van der Waals surface area contributed by atoms with Crippen LogP contribution in [0.5, 0.6) is 17.2 Å². The van der Waals surface area contributed by atoms with E-state index in [9.17, 15) is 13.6 Å². The van der Waals surface area contributed by atoms with Gasteiger partial charge in [-0.3, -0.25) is 4.79 Å². The highest BCUT2D eigenvalue weighted by atomic mass is 19.2. The SMILES string of the molecule is COc1cc(NC(=O)c2ccc(-c3ccc(F)c(F)c3)c3ccoc23)cc(OC)c1OC. The minimum atomic E-state index is -0.955. The van der Waals surface area contributed by atoms with Gasteiger partial charge in [0.05, 0.1) is 33.2 Å². The van der Waals surface area contributed by atoms with Crippen molar-refractivity contribution in [2.24, 2.45) is 0 Å². The third kappa shape index (κ3) is 3.71. The second kappa shape index (κ2) is 8.58. The van der Waals surface area contributed by atoms with Crippen LogP contribution in [0.3, 0.4) is 0 Å². The molecule has 0 spiro atoms. The van der Waals surface area contributed by atoms with Gasteiger partial charge in [0.2, 0.25) is 5.75 Å². The first-order valence-electron chi connectivity index (χ1n) is 9.53. The van der Waals surface area contributed by atoms with Crippen LogP contribution in [0.4, 0.5) is 14.5 Å². The zero-order valence-electron chi connectivity index (χ0n) is 17.5. The number of hydrogen-bond donors (Lipinski definition) is 1. The normalized spacial score (nSPS) is 10.8. The average Bonchev–Trinajstić information content (AvgIpc) is 3.29. The van der Waals surface area contributed by atoms with Crippen molar-refractivity contribution in [2.45, 2.75) is 0 Å². The van der Waals surface area contributed by atoms with Gasteiger partial charge < -0.3 is 23.9 Å². The van der Waals surface area contributed by atoms with E-state index in [0.29, 0.717) is 45.0 Å². The summed E-state index contributed by atoms with van der Waals surface area (Å²) in [4.78, 5) is 13.0. The lowest BCUT2D eigenvalue weighted by Crippen LogP contribution is -2.12. The molecule has 0 unspecified atom stereocenters. The van der Waals surface area contributed by atoms with Crippen LogP contribution >= 0.6 is 0 Å². The van der Waals surface area contributed by atoms with Crippen molar-refractivity contribution in [3.8, 4) is 28.4 Å². The molecule has 8 heteroatoms. The van der Waals surface area contributed by atoms with Gasteiger partial charge in [-0.1, -0.05) is 12.1 Å². The van der Waals surface area contributed by atoms with E-state index in [0.717, 1.165) is 12.1 Å². The molecule has 6 nitrogen and oxygen atoms in total. The molecule has 0 atom stereocenters. The summed E-state index contributed by atoms with van der Waals surface area (Å²) in [5.41, 5.74) is 2.08. The molecule has 0 aliphatic heterocycles. The van der Waals surface area contributed by atoms with Crippen molar-refractivity contribution in [3.05, 3.63) is 72.0 Å². The number of amides is 1. The Morgan fingerprint density at radius 3 is 2.22 bits per heavy atom. The summed E-state index contributed by atoms with van der Waals surface area (Å²) in [5, 5.41) is 3.38. The van der Waals surface area contributed by atoms with Crippen molar-refractivity contribution >= 4 is 22.6 Å². The highest BCUT2D eigenvalue weighted by molar-refractivity contribution is 6.13. The van der Waals surface area contributed by atoms with Gasteiger partial charge in [-0.2, -0.15) is 0 Å². The lowest BCUT2D eigenvalue weighted by Gasteiger charge is -2.15. The van der Waals surface area contributed by atoms with Crippen molar-refractivity contribution in [1.82, 2.24) is 0 Å². The molecule has 0 saturated heterocycles. The Hall–Kier alpha value is -4.07. The van der Waals surface area contributed by atoms with Crippen LogP contribution in [0.15, 0.2) is 59.2 Å². The highest BCUT2D eigenvalue weighted by Crippen LogP contribution is 2.40. The fraction of sp³-hybridized carbons (Fsp3) is 0.125. The van der Waals surface area contributed by atoms with Crippen molar-refractivity contribution in [2.75, 3.05) is 26.6 Å². The quantitative estimate of drug-likeness (QED) is 0.420. The molecular weight excluding hydrogens is 420 g/mol. The van der Waals surface area contributed by atoms with Crippen molar-refractivity contribution in [1.29, 1.82) is 0 Å². The van der Waals surface area contributed by atoms with Gasteiger partial charge in [-0.25, -0.2) is 8.78 Å². The summed E-state index contributed by atoms with van der Waals surface area (Å²) in [7, 11) is 4.44. The molecule has 1 heterocycles. The molecule has 0 saturated carbocycles. The largest absolute Gasteiger partial charge is 0.493 e. The first-order chi connectivity index (χ1) is 15.5. The molecule has 0 fully saturated rings. The van der Waals surface area contributed by atoms with Gasteiger partial charge in [0.1, 0.15) is 5.58 Å². The standard InChI is InChI=1S/C24H19F2NO5/c1-29-20-11-14(12-21(30-2)23(20)31-3)27-24(28)17-6-5-15(16-8-9-32-22(16)17)13-4-7-18(25)19(26)10-13/h4-12H,1-3H3,(H,27,28). The number of furan rings is 1. The third-order valence-electron chi connectivity index (χ3n) is 5.01. The van der Waals surface area contributed by atoms with Gasteiger partial charge in [-0.15, -0.1) is 0 Å². The Morgan fingerprint density at radius 1 is 0.875 bits per heavy atom. The second-order valence-electron chi connectivity index (χ2n) is 6.82. The Morgan fingerprint density at radius 2 is 1.59 bits per heavy atom. The number of ether oxygens (including phenoxy) is 3. The minimum absolute atomic E-state index is 0.269. The van der Waals surface area contributed by atoms with Gasteiger partial charge in [0.25, 0.3) is 5.91 Å². The number of carbonyl (C=O) groups excluding carboxylic acids is 1. The summed E-state index contributed by atoms with van der Waals surface area (Å²) in [6.45, 7) is 0. The first kappa shape index (κ1) is 21.2. The van der Waals surface area contributed by atoms with Crippen molar-refractivity contribution < 1.29 is 32.2 Å². The van der Waals surface area contributed by atoms with Gasteiger partial charge in [0.15, 0.2) is 23.1 Å². The molecule has 0 bridgehead atoms. The molecule has 1 aromatic heterocycles. The number of hydrogen-bond acceptors (Lipinski definition) is 5. The zero-order valence-corrected chi connectivity index (χ0v) is 17.5. The Balaban J connectivity index is 1.71. The predicted molar refractivity (Wildman–Crippen MR) is 116 cm³/mol. The number of nitrogens with one attached hydrogen (secondary N) is 1. The summed E-state index contributed by atoms with van der Waals surface area (Å²) in [6.07, 6.45) is 1.43. The number of benzene rings is 3. The molecule has 0 aliphatic rings. The summed E-state index contributed by atoms with van der Waals surface area (Å²) in [5.74, 6) is -1.15. The van der Waals surface area contributed by atoms with Crippen LogP contribution in [0, 0.1) is 11.6 Å². The van der Waals surface area contributed by atoms with Crippen LogP contribution in [0.1, 0.15) is 10.4 Å². The molecule has 1 amide bonds. The monoisotopic (exact) mass is 439 g/mol. The number of rotatable bonds is 6. The number of fused-ring (bicyclic) bond motifs is 1. The highest BCUT2D eigenvalue weighted by Gasteiger charge is 2.19. The molecule has 4 aromatic rings. The second-order valence-corrected chi connectivity index (χ2v) is 6.82. The molecule has 1 N–H and O–H groups in total. The number of methoxy groups -OCH3 is 3. The maximum atomic E-state index is 13.7. The van der Waals surface area contributed by atoms with E-state index < -0.39 is 17.5 Å². The van der Waals surface area contributed by atoms with Gasteiger partial charge >= 0.3 is 0 Å². The molecular formula is C24H19F2NO5. The average molecular weight is 439 g/mol. The molecule has 3 aromatic carbocycles. The minimum Gasteiger partial charge on any atom is -0.493 e. The summed E-state index contributed by atoms with van der Waals surface area (Å²) < 4.78 is 48.5. The van der Waals surface area contributed by atoms with E-state index in [-0.39, 0.29) is 5.56 Å². The topological polar surface area (TPSA) is 69.9 Å². The van der Waals surface area contributed by atoms with Crippen molar-refractivity contribution in [3.63, 3.8) is 0 Å². The third-order valence-corrected chi connectivity index (χ3v) is 5.01. The van der Waals surface area contributed by atoms with E-state index in [1.807, 2.05) is 0 Å². The maximum absolute atomic E-state index is 13.7. The predicted octanol–water partition coefficient (Wildman–Crippen LogP) is 5.66. The van der Waals surface area contributed by atoms with Gasteiger partial charge in [-0.05, 0) is 35.4 Å². The van der Waals surface area contributed by atoms with Crippen LogP contribution in [-0.2, 0) is 0 Å². The molecule has 0 radical (unpaired) electrons. The Labute approximate surface area is 182 Å². The van der Waals surface area contributed by atoms with Gasteiger partial charge in [0, 0.05) is 23.2 Å². The van der Waals surface area contributed by atoms with E-state index in [1.165, 1.54) is 33.7 Å². The summed E-state index contributed by atoms with van der Waals surface area (Å²) in [6, 6.07) is 11.7. The number of halogens is 2. The van der Waals surface area contributed by atoms with Crippen LogP contribution in [0.25, 0.3) is 22.1 Å². The van der Waals surface area contributed by atoms with Crippen LogP contribution < -0.4 is 19.5 Å². The van der Waals surface area contributed by atoms with E-state index in [4.69, 9.17) is 18.6 Å². The Bertz CT molecular complexity index is 1290. The molecule has 0 aliphatic carbocycles. The van der Waals surface area contributed by atoms with Crippen LogP contribution in [-0.4, -0.2) is 27.2 Å². The molecule has 4 rings (SSSR count). The zero-order chi connectivity index (χ0) is 22.8. The van der Waals surface area contributed by atoms with E-state index in [2.05, 4.69) is 5.32 Å². The van der Waals surface area contributed by atoms with Crippen LogP contribution in [0.2, 0.25) is 0 Å². The number of carbonyl (C=O) groups is 1. The lowest BCUT2D eigenvalue weighted by molar-refractivity contribution is 0.102. The maximum Gasteiger partial charge on any atom is 0.259 e. The summed E-state index contributed by atoms with van der Waals surface area (Å²) >= 11 is 0. The molecule has 164 valence electrons. The first-order valence-corrected chi connectivity index (χ1v) is 9.53. The smallest absolute Gasteiger partial charge is 0.259 e. The van der Waals surface area contributed by atoms with E-state index in [1.54, 1.807) is 30.3 Å². The van der Waals surface area contributed by atoms with E-state index >= 15 is 0 Å². The number of anilines is 1. The lowest BCUT2D eigenvalue weighted by atomic mass is 9.99.